The highest BCUT2D eigenvalue weighted by Crippen LogP contribution is 2.35. The third-order valence-corrected chi connectivity index (χ3v) is 8.69. The van der Waals surface area contributed by atoms with Gasteiger partial charge >= 0.3 is 0 Å². The van der Waals surface area contributed by atoms with Crippen LogP contribution in [0, 0.1) is 0 Å². The lowest BCUT2D eigenvalue weighted by Gasteiger charge is -2.18. The second-order valence-corrected chi connectivity index (χ2v) is 11.6. The van der Waals surface area contributed by atoms with Crippen LogP contribution >= 0.6 is 0 Å². The maximum atomic E-state index is 5.16. The van der Waals surface area contributed by atoms with Gasteiger partial charge in [-0.1, -0.05) is 152 Å². The van der Waals surface area contributed by atoms with E-state index in [-0.39, 0.29) is 5.92 Å². The van der Waals surface area contributed by atoms with E-state index in [1.165, 1.54) is 27.8 Å². The molecule has 3 nitrogen and oxygen atoms in total. The minimum atomic E-state index is 0.0672. The lowest BCUT2D eigenvalue weighted by molar-refractivity contribution is 0.777. The molecule has 46 heavy (non-hydrogen) atoms. The van der Waals surface area contributed by atoms with Crippen molar-refractivity contribution in [2.45, 2.75) is 12.3 Å². The summed E-state index contributed by atoms with van der Waals surface area (Å²) in [6.07, 6.45) is 9.43. The molecule has 8 rings (SSSR count). The van der Waals surface area contributed by atoms with E-state index in [1.54, 1.807) is 0 Å². The molecule has 0 spiro atoms. The summed E-state index contributed by atoms with van der Waals surface area (Å²) in [4.78, 5) is 15.0. The summed E-state index contributed by atoms with van der Waals surface area (Å²) in [5.41, 5.74) is 12.1. The highest BCUT2D eigenvalue weighted by atomic mass is 14.9. The van der Waals surface area contributed by atoms with Gasteiger partial charge in [-0.3, -0.25) is 4.98 Å². The number of fused-ring (bicyclic) bond motifs is 1. The van der Waals surface area contributed by atoms with Crippen LogP contribution in [0.4, 0.5) is 0 Å². The molecule has 0 amide bonds. The molecule has 0 radical (unpaired) electrons. The maximum Gasteiger partial charge on any atom is 0.136 e. The van der Waals surface area contributed by atoms with Crippen molar-refractivity contribution >= 4 is 16.5 Å². The average molecular weight is 590 g/mol. The average Bonchev–Trinajstić information content (AvgIpc) is 3.15. The molecule has 1 unspecified atom stereocenters. The summed E-state index contributed by atoms with van der Waals surface area (Å²) >= 11 is 0. The van der Waals surface area contributed by atoms with Crippen molar-refractivity contribution in [1.29, 1.82) is 0 Å². The van der Waals surface area contributed by atoms with E-state index in [0.717, 1.165) is 51.2 Å². The highest BCUT2D eigenvalue weighted by Gasteiger charge is 2.19. The van der Waals surface area contributed by atoms with Gasteiger partial charge in [0.05, 0.1) is 16.9 Å². The van der Waals surface area contributed by atoms with Crippen molar-refractivity contribution in [3.05, 3.63) is 181 Å². The van der Waals surface area contributed by atoms with Crippen molar-refractivity contribution in [3.8, 4) is 44.8 Å². The lowest BCUT2D eigenvalue weighted by atomic mass is 9.91. The van der Waals surface area contributed by atoms with Crippen molar-refractivity contribution in [3.63, 3.8) is 0 Å². The molecule has 0 fully saturated rings. The van der Waals surface area contributed by atoms with Crippen LogP contribution in [0.2, 0.25) is 0 Å². The van der Waals surface area contributed by atoms with Crippen molar-refractivity contribution in [1.82, 2.24) is 15.0 Å². The molecule has 0 saturated carbocycles. The number of para-hydroxylation sites is 1. The number of hydrogen-bond donors (Lipinski definition) is 0. The van der Waals surface area contributed by atoms with Gasteiger partial charge in [-0.05, 0) is 46.4 Å². The Hall–Kier alpha value is -5.93. The van der Waals surface area contributed by atoms with Crippen molar-refractivity contribution in [2.75, 3.05) is 0 Å². The summed E-state index contributed by atoms with van der Waals surface area (Å²) < 4.78 is 0. The maximum absolute atomic E-state index is 5.16. The number of benzene rings is 5. The number of allylic oxidation sites excluding steroid dienone is 4. The SMILES string of the molecule is C1=CC(c2nc(-c3ccc(-c4ccccc4)cc3)cc(-c3ccc(-c4ccccc4)cc3)n2)CC=C1c1cccc2cccnc12. The largest absolute Gasteiger partial charge is 0.256 e. The van der Waals surface area contributed by atoms with Gasteiger partial charge in [-0.15, -0.1) is 0 Å². The topological polar surface area (TPSA) is 38.7 Å². The Morgan fingerprint density at radius 3 is 1.61 bits per heavy atom. The zero-order chi connectivity index (χ0) is 30.7. The number of rotatable bonds is 6. The van der Waals surface area contributed by atoms with Crippen LogP contribution in [0.1, 0.15) is 23.7 Å². The Kier molecular flexibility index (Phi) is 7.33. The van der Waals surface area contributed by atoms with Gasteiger partial charge in [0.15, 0.2) is 0 Å². The monoisotopic (exact) mass is 589 g/mol. The summed E-state index contributed by atoms with van der Waals surface area (Å²) in [5, 5.41) is 1.15. The van der Waals surface area contributed by atoms with Crippen molar-refractivity contribution < 1.29 is 0 Å². The Morgan fingerprint density at radius 2 is 1.04 bits per heavy atom. The second-order valence-electron chi connectivity index (χ2n) is 11.6. The first kappa shape index (κ1) is 27.6. The van der Waals surface area contributed by atoms with Crippen LogP contribution in [-0.2, 0) is 0 Å². The Balaban J connectivity index is 1.15. The highest BCUT2D eigenvalue weighted by molar-refractivity contribution is 5.93. The van der Waals surface area contributed by atoms with E-state index < -0.39 is 0 Å². The fraction of sp³-hybridized carbons (Fsp3) is 0.0465. The molecule has 2 heterocycles. The molecular weight excluding hydrogens is 558 g/mol. The smallest absolute Gasteiger partial charge is 0.136 e. The molecule has 0 N–H and O–H groups in total. The van der Waals surface area contributed by atoms with E-state index in [1.807, 2.05) is 24.4 Å². The van der Waals surface area contributed by atoms with E-state index in [2.05, 4.69) is 151 Å². The summed E-state index contributed by atoms with van der Waals surface area (Å²) in [6, 6.07) is 50.9. The van der Waals surface area contributed by atoms with Crippen LogP contribution in [0.15, 0.2) is 170 Å². The molecule has 1 atom stereocenters. The summed E-state index contributed by atoms with van der Waals surface area (Å²) in [5.74, 6) is 0.895. The fourth-order valence-electron chi connectivity index (χ4n) is 6.20. The predicted octanol–water partition coefficient (Wildman–Crippen LogP) is 10.8. The molecule has 0 saturated heterocycles. The predicted molar refractivity (Wildman–Crippen MR) is 190 cm³/mol. The first-order valence-corrected chi connectivity index (χ1v) is 15.7. The van der Waals surface area contributed by atoms with Crippen LogP contribution in [-0.4, -0.2) is 15.0 Å². The molecule has 2 aromatic heterocycles. The zero-order valence-electron chi connectivity index (χ0n) is 25.3. The quantitative estimate of drug-likeness (QED) is 0.194. The van der Waals surface area contributed by atoms with Gasteiger partial charge in [-0.25, -0.2) is 9.97 Å². The number of aromatic nitrogens is 3. The van der Waals surface area contributed by atoms with Crippen LogP contribution in [0.25, 0.3) is 61.2 Å². The molecule has 3 heteroatoms. The molecule has 7 aromatic rings. The standard InChI is InChI=1S/C43H31N3/c1-3-9-30(10-4-1)32-16-22-35(23-17-32)40-29-41(36-24-18-33(19-25-36)31-11-5-2-6-12-31)46-43(45-40)38-26-20-34(21-27-38)39-15-7-13-37-14-8-28-44-42(37)39/h1-26,28-29,38H,27H2. The second kappa shape index (κ2) is 12.2. The minimum absolute atomic E-state index is 0.0672. The van der Waals surface area contributed by atoms with Crippen LogP contribution in [0.5, 0.6) is 0 Å². The fourth-order valence-corrected chi connectivity index (χ4v) is 6.20. The number of nitrogens with zero attached hydrogens (tertiary/aromatic N) is 3. The molecule has 218 valence electrons. The molecular formula is C43H31N3. The lowest BCUT2D eigenvalue weighted by Crippen LogP contribution is -2.06. The normalized spacial score (nSPS) is 14.3. The van der Waals surface area contributed by atoms with Crippen molar-refractivity contribution in [2.24, 2.45) is 0 Å². The molecule has 0 aliphatic heterocycles. The third-order valence-electron chi connectivity index (χ3n) is 8.69. The van der Waals surface area contributed by atoms with Gasteiger partial charge in [0, 0.05) is 34.2 Å². The molecule has 5 aromatic carbocycles. The Morgan fingerprint density at radius 1 is 0.500 bits per heavy atom. The van der Waals surface area contributed by atoms with E-state index >= 15 is 0 Å². The van der Waals surface area contributed by atoms with E-state index in [4.69, 9.17) is 9.97 Å². The van der Waals surface area contributed by atoms with E-state index in [0.29, 0.717) is 0 Å². The van der Waals surface area contributed by atoms with Gasteiger partial charge < -0.3 is 0 Å². The minimum Gasteiger partial charge on any atom is -0.256 e. The van der Waals surface area contributed by atoms with Gasteiger partial charge in [0.25, 0.3) is 0 Å². The number of hydrogen-bond acceptors (Lipinski definition) is 3. The zero-order valence-corrected chi connectivity index (χ0v) is 25.3. The van der Waals surface area contributed by atoms with E-state index in [9.17, 15) is 0 Å². The van der Waals surface area contributed by atoms with Gasteiger partial charge in [0.2, 0.25) is 0 Å². The molecule has 1 aliphatic carbocycles. The number of pyridine rings is 1. The third kappa shape index (κ3) is 5.55. The van der Waals surface area contributed by atoms with Crippen LogP contribution < -0.4 is 0 Å². The van der Waals surface area contributed by atoms with Gasteiger partial charge in [-0.2, -0.15) is 0 Å². The molecule has 0 bridgehead atoms. The summed E-state index contributed by atoms with van der Waals surface area (Å²) in [6.45, 7) is 0. The summed E-state index contributed by atoms with van der Waals surface area (Å²) in [7, 11) is 0. The Bertz CT molecular complexity index is 2090. The molecule has 1 aliphatic rings. The van der Waals surface area contributed by atoms with Gasteiger partial charge in [0.1, 0.15) is 5.82 Å². The van der Waals surface area contributed by atoms with Crippen LogP contribution in [0.3, 0.4) is 0 Å². The first-order valence-electron chi connectivity index (χ1n) is 15.7. The Labute approximate surface area is 269 Å². The first-order chi connectivity index (χ1) is 22.8.